The Labute approximate surface area is 119 Å². The van der Waals surface area contributed by atoms with E-state index in [-0.39, 0.29) is 24.3 Å². The lowest BCUT2D eigenvalue weighted by atomic mass is 10.1. The topological polar surface area (TPSA) is 58.2 Å². The third-order valence-corrected chi connectivity index (χ3v) is 3.40. The molecule has 0 aliphatic carbocycles. The second kappa shape index (κ2) is 7.33. The van der Waals surface area contributed by atoms with E-state index in [1.54, 1.807) is 0 Å². The molecule has 0 fully saturated rings. The number of hydrogen-bond donors (Lipinski definition) is 2. The van der Waals surface area contributed by atoms with Gasteiger partial charge in [-0.15, -0.1) is 11.3 Å². The van der Waals surface area contributed by atoms with Crippen LogP contribution in [-0.2, 0) is 9.59 Å². The Morgan fingerprint density at radius 3 is 2.78 bits per heavy atom. The number of rotatable bonds is 6. The molecule has 18 heavy (non-hydrogen) atoms. The summed E-state index contributed by atoms with van der Waals surface area (Å²) in [6.45, 7) is 5.47. The van der Waals surface area contributed by atoms with E-state index in [1.165, 1.54) is 18.3 Å². The van der Waals surface area contributed by atoms with Crippen molar-refractivity contribution >= 4 is 39.1 Å². The maximum Gasteiger partial charge on any atom is 0.222 e. The van der Waals surface area contributed by atoms with Gasteiger partial charge >= 0.3 is 0 Å². The summed E-state index contributed by atoms with van der Waals surface area (Å²) in [5, 5.41) is 7.41. The average Bonchev–Trinajstić information content (AvgIpc) is 2.78. The molecule has 2 amide bonds. The lowest BCUT2D eigenvalue weighted by molar-refractivity contribution is -0.122. The van der Waals surface area contributed by atoms with Gasteiger partial charge in [-0.1, -0.05) is 28.6 Å². The molecule has 0 radical (unpaired) electrons. The fourth-order valence-electron chi connectivity index (χ4n) is 1.41. The molecule has 4 nitrogen and oxygen atoms in total. The highest BCUT2D eigenvalue weighted by atomic mass is 79.9. The van der Waals surface area contributed by atoms with Gasteiger partial charge in [0, 0.05) is 22.8 Å². The second-order valence-corrected chi connectivity index (χ2v) is 5.87. The molecule has 1 aromatic heterocycles. The fourth-order valence-corrected chi connectivity index (χ4v) is 2.33. The van der Waals surface area contributed by atoms with Crippen molar-refractivity contribution < 1.29 is 9.59 Å². The predicted octanol–water partition coefficient (Wildman–Crippen LogP) is 2.34. The Hall–Kier alpha value is -1.14. The third kappa shape index (κ3) is 5.46. The van der Waals surface area contributed by atoms with Crippen LogP contribution in [0, 0.1) is 0 Å². The van der Waals surface area contributed by atoms with E-state index < -0.39 is 0 Å². The normalized spacial score (nSPS) is 11.7. The lowest BCUT2D eigenvalue weighted by Crippen LogP contribution is -2.32. The summed E-state index contributed by atoms with van der Waals surface area (Å²) >= 11 is 4.69. The monoisotopic (exact) mass is 330 g/mol. The molecule has 0 spiro atoms. The van der Waals surface area contributed by atoms with E-state index in [9.17, 15) is 9.59 Å². The van der Waals surface area contributed by atoms with E-state index in [4.69, 9.17) is 0 Å². The van der Waals surface area contributed by atoms with E-state index in [0.29, 0.717) is 11.0 Å². The Kier molecular flexibility index (Phi) is 6.07. The molecule has 98 valence electrons. The van der Waals surface area contributed by atoms with Gasteiger partial charge in [0.05, 0.1) is 12.5 Å². The molecule has 1 atom stereocenters. The number of carbonyl (C=O) groups is 2. The number of thiophene rings is 1. The van der Waals surface area contributed by atoms with E-state index in [1.807, 2.05) is 17.5 Å². The van der Waals surface area contributed by atoms with Crippen molar-refractivity contribution in [2.24, 2.45) is 0 Å². The number of hydrogen-bond acceptors (Lipinski definition) is 3. The van der Waals surface area contributed by atoms with Gasteiger partial charge in [-0.2, -0.15) is 0 Å². The molecule has 6 heteroatoms. The minimum atomic E-state index is -0.272. The maximum atomic E-state index is 11.7. The van der Waals surface area contributed by atoms with Crippen LogP contribution in [0.4, 0.5) is 0 Å². The molecule has 0 bridgehead atoms. The van der Waals surface area contributed by atoms with Gasteiger partial charge in [-0.25, -0.2) is 0 Å². The first-order valence-corrected chi connectivity index (χ1v) is 7.06. The van der Waals surface area contributed by atoms with Crippen LogP contribution in [-0.4, -0.2) is 18.4 Å². The Morgan fingerprint density at radius 1 is 1.56 bits per heavy atom. The molecular formula is C12H15BrN2O2S. The summed E-state index contributed by atoms with van der Waals surface area (Å²) in [7, 11) is 0. The summed E-state index contributed by atoms with van der Waals surface area (Å²) in [6, 6.07) is 3.53. The molecule has 1 unspecified atom stereocenters. The minimum absolute atomic E-state index is 0.122. The molecule has 2 N–H and O–H groups in total. The van der Waals surface area contributed by atoms with Gasteiger partial charge in [0.2, 0.25) is 11.8 Å². The van der Waals surface area contributed by atoms with Crippen molar-refractivity contribution in [1.82, 2.24) is 10.6 Å². The number of nitrogens with one attached hydrogen (secondary N) is 2. The summed E-state index contributed by atoms with van der Waals surface area (Å²) in [4.78, 5) is 23.8. The van der Waals surface area contributed by atoms with Crippen molar-refractivity contribution in [2.45, 2.75) is 19.4 Å². The van der Waals surface area contributed by atoms with E-state index in [0.717, 1.165) is 4.88 Å². The molecule has 0 aliphatic rings. The van der Waals surface area contributed by atoms with Crippen molar-refractivity contribution in [3.63, 3.8) is 0 Å². The second-order valence-electron chi connectivity index (χ2n) is 3.77. The maximum absolute atomic E-state index is 11.7. The van der Waals surface area contributed by atoms with Gasteiger partial charge in [0.1, 0.15) is 0 Å². The molecule has 1 heterocycles. The number of halogens is 1. The molecule has 0 saturated heterocycles. The van der Waals surface area contributed by atoms with Crippen LogP contribution in [0.2, 0.25) is 0 Å². The van der Waals surface area contributed by atoms with Gasteiger partial charge < -0.3 is 10.6 Å². The highest BCUT2D eigenvalue weighted by Crippen LogP contribution is 2.21. The van der Waals surface area contributed by atoms with Crippen molar-refractivity contribution in [2.75, 3.05) is 6.54 Å². The van der Waals surface area contributed by atoms with Gasteiger partial charge in [-0.05, 0) is 11.4 Å². The number of amides is 2. The van der Waals surface area contributed by atoms with Crippen LogP contribution in [0.25, 0.3) is 0 Å². The molecule has 1 aromatic rings. The predicted molar refractivity (Wildman–Crippen MR) is 76.6 cm³/mol. The summed E-state index contributed by atoms with van der Waals surface area (Å²) in [6.07, 6.45) is 0.223. The highest BCUT2D eigenvalue weighted by molar-refractivity contribution is 9.11. The first-order valence-electron chi connectivity index (χ1n) is 5.39. The number of carbonyl (C=O) groups excluding carboxylic acids is 2. The van der Waals surface area contributed by atoms with E-state index in [2.05, 4.69) is 33.1 Å². The zero-order valence-corrected chi connectivity index (χ0v) is 12.4. The van der Waals surface area contributed by atoms with Crippen LogP contribution in [0.3, 0.4) is 0 Å². The fraction of sp³-hybridized carbons (Fsp3) is 0.333. The minimum Gasteiger partial charge on any atom is -0.351 e. The molecular weight excluding hydrogens is 316 g/mol. The average molecular weight is 331 g/mol. The summed E-state index contributed by atoms with van der Waals surface area (Å²) < 4.78 is 0.711. The first kappa shape index (κ1) is 14.9. The lowest BCUT2D eigenvalue weighted by Gasteiger charge is -2.16. The zero-order chi connectivity index (χ0) is 13.5. The largest absolute Gasteiger partial charge is 0.351 e. The van der Waals surface area contributed by atoms with E-state index >= 15 is 0 Å². The Balaban J connectivity index is 2.59. The zero-order valence-electron chi connectivity index (χ0n) is 10.0. The Bertz CT molecular complexity index is 431. The van der Waals surface area contributed by atoms with Crippen LogP contribution in [0.15, 0.2) is 28.6 Å². The molecule has 0 saturated carbocycles. The van der Waals surface area contributed by atoms with Gasteiger partial charge in [0.25, 0.3) is 0 Å². The van der Waals surface area contributed by atoms with Gasteiger partial charge in [-0.3, -0.25) is 9.59 Å². The quantitative estimate of drug-likeness (QED) is 0.841. The van der Waals surface area contributed by atoms with Crippen molar-refractivity contribution in [1.29, 1.82) is 0 Å². The van der Waals surface area contributed by atoms with Gasteiger partial charge in [0.15, 0.2) is 0 Å². The summed E-state index contributed by atoms with van der Waals surface area (Å²) in [5.74, 6) is -0.270. The van der Waals surface area contributed by atoms with Crippen molar-refractivity contribution in [3.8, 4) is 0 Å². The molecule has 1 rings (SSSR count). The summed E-state index contributed by atoms with van der Waals surface area (Å²) in [5.41, 5.74) is 0. The SMILES string of the molecule is C=C(Br)CNC(=O)CC(NC(C)=O)c1cccs1. The van der Waals surface area contributed by atoms with Crippen LogP contribution in [0.1, 0.15) is 24.3 Å². The standard InChI is InChI=1S/C12H15BrN2O2S/c1-8(13)7-14-12(17)6-10(15-9(2)16)11-4-3-5-18-11/h3-5,10H,1,6-7H2,2H3,(H,14,17)(H,15,16). The molecule has 0 aromatic carbocycles. The van der Waals surface area contributed by atoms with Crippen LogP contribution in [0.5, 0.6) is 0 Å². The smallest absolute Gasteiger partial charge is 0.222 e. The van der Waals surface area contributed by atoms with Crippen molar-refractivity contribution in [3.05, 3.63) is 33.5 Å². The highest BCUT2D eigenvalue weighted by Gasteiger charge is 2.17. The Morgan fingerprint density at radius 2 is 2.28 bits per heavy atom. The third-order valence-electron chi connectivity index (χ3n) is 2.13. The van der Waals surface area contributed by atoms with Crippen LogP contribution < -0.4 is 10.6 Å². The first-order chi connectivity index (χ1) is 8.49. The van der Waals surface area contributed by atoms with Crippen LogP contribution >= 0.6 is 27.3 Å². The molecule has 0 aliphatic heterocycles.